The zero-order valence-electron chi connectivity index (χ0n) is 7.33. The number of hydrogen-bond donors (Lipinski definition) is 1. The molecule has 1 rings (SSSR count). The van der Waals surface area contributed by atoms with Crippen LogP contribution in [0.2, 0.25) is 0 Å². The van der Waals surface area contributed by atoms with Gasteiger partial charge in [-0.15, -0.1) is 6.58 Å². The molecule has 0 radical (unpaired) electrons. The normalized spacial score (nSPS) is 9.43. The van der Waals surface area contributed by atoms with Gasteiger partial charge in [0.25, 0.3) is 5.24 Å². The Balaban J connectivity index is 2.77. The third kappa shape index (κ3) is 3.02. The highest BCUT2D eigenvalue weighted by Gasteiger charge is 2.11. The van der Waals surface area contributed by atoms with Crippen molar-refractivity contribution in [2.45, 2.75) is 0 Å². The van der Waals surface area contributed by atoms with E-state index in [0.29, 0.717) is 12.5 Å². The summed E-state index contributed by atoms with van der Waals surface area (Å²) < 4.78 is 1.52. The number of carbonyl (C=O) groups is 1. The lowest BCUT2D eigenvalue weighted by atomic mass is 10.6. The molecule has 0 bridgehead atoms. The van der Waals surface area contributed by atoms with Gasteiger partial charge in [-0.1, -0.05) is 6.08 Å². The highest BCUT2D eigenvalue weighted by molar-refractivity contribution is 8.14. The predicted octanol–water partition coefficient (Wildman–Crippen LogP) is 0.591. The number of nitrogens with zero attached hydrogens (tertiary/aromatic N) is 4. The molecule has 0 aliphatic carbocycles. The van der Waals surface area contributed by atoms with E-state index in [1.807, 2.05) is 0 Å². The Morgan fingerprint density at radius 3 is 2.79 bits per heavy atom. The molecule has 0 saturated heterocycles. The molecule has 0 saturated carbocycles. The van der Waals surface area contributed by atoms with Gasteiger partial charge in [0.1, 0.15) is 12.7 Å². The van der Waals surface area contributed by atoms with Crippen molar-refractivity contribution in [3.8, 4) is 0 Å². The van der Waals surface area contributed by atoms with Crippen LogP contribution in [-0.4, -0.2) is 26.7 Å². The number of amides is 1. The largest absolute Gasteiger partial charge is 0.359 e. The predicted molar refractivity (Wildman–Crippen MR) is 54.5 cm³/mol. The Labute approximate surface area is 85.4 Å². The summed E-state index contributed by atoms with van der Waals surface area (Å²) in [5.74, 6) is 0.378. The van der Waals surface area contributed by atoms with E-state index in [-0.39, 0.29) is 0 Å². The highest BCUT2D eigenvalue weighted by atomic mass is 32.2. The fourth-order valence-electron chi connectivity index (χ4n) is 0.747. The molecule has 1 aromatic rings. The van der Waals surface area contributed by atoms with E-state index in [1.54, 1.807) is 6.08 Å². The lowest BCUT2D eigenvalue weighted by Crippen LogP contribution is -2.21. The van der Waals surface area contributed by atoms with Gasteiger partial charge in [0.05, 0.1) is 18.5 Å². The first-order valence-electron chi connectivity index (χ1n) is 3.72. The van der Waals surface area contributed by atoms with Gasteiger partial charge in [-0.25, -0.2) is 15.0 Å². The van der Waals surface area contributed by atoms with Crippen LogP contribution in [0.3, 0.4) is 0 Å². The summed E-state index contributed by atoms with van der Waals surface area (Å²) in [5, 5.41) is -0.521. The van der Waals surface area contributed by atoms with Gasteiger partial charge in [0, 0.05) is 0 Å². The number of nitrogens with two attached hydrogens (primary N) is 1. The quantitative estimate of drug-likeness (QED) is 0.579. The van der Waals surface area contributed by atoms with E-state index in [1.165, 1.54) is 17.0 Å². The molecule has 1 aromatic heterocycles. The van der Waals surface area contributed by atoms with Crippen molar-refractivity contribution >= 4 is 23.1 Å². The third-order valence-electron chi connectivity index (χ3n) is 1.20. The van der Waals surface area contributed by atoms with Crippen molar-refractivity contribution in [1.29, 1.82) is 0 Å². The number of hydrogen-bond acceptors (Lipinski definition) is 6. The molecule has 0 fully saturated rings. The molecule has 0 aliphatic heterocycles. The Morgan fingerprint density at radius 2 is 2.29 bits per heavy atom. The van der Waals surface area contributed by atoms with Gasteiger partial charge in [0.15, 0.2) is 0 Å². The second-order valence-electron chi connectivity index (χ2n) is 2.20. The fourth-order valence-corrected chi connectivity index (χ4v) is 1.32. The summed E-state index contributed by atoms with van der Waals surface area (Å²) >= 11 is 0.825. The first-order chi connectivity index (χ1) is 6.74. The maximum Gasteiger partial charge on any atom is 0.297 e. The van der Waals surface area contributed by atoms with Gasteiger partial charge < -0.3 is 5.73 Å². The van der Waals surface area contributed by atoms with Crippen LogP contribution in [0.5, 0.6) is 0 Å². The second kappa shape index (κ2) is 5.18. The molecule has 1 amide bonds. The fraction of sp³-hybridized carbons (Fsp3) is 0.143. The van der Waals surface area contributed by atoms with Gasteiger partial charge in [-0.2, -0.15) is 0 Å². The molecular formula is C7H9N5OS. The van der Waals surface area contributed by atoms with Crippen molar-refractivity contribution in [3.63, 3.8) is 0 Å². The molecule has 0 aromatic carbocycles. The average Bonchev–Trinajstić information content (AvgIpc) is 2.18. The Bertz CT molecular complexity index is 317. The summed E-state index contributed by atoms with van der Waals surface area (Å²) in [6.07, 6.45) is 4.32. The number of carbonyl (C=O) groups excluding carboxylic acids is 1. The van der Waals surface area contributed by atoms with E-state index in [4.69, 9.17) is 5.73 Å². The Hall–Kier alpha value is -1.63. The zero-order chi connectivity index (χ0) is 10.4. The van der Waals surface area contributed by atoms with Crippen molar-refractivity contribution in [2.24, 2.45) is 5.73 Å². The van der Waals surface area contributed by atoms with Gasteiger partial charge in [-0.05, 0) is 0 Å². The topological polar surface area (TPSA) is 85.0 Å². The molecule has 0 aliphatic rings. The van der Waals surface area contributed by atoms with Crippen LogP contribution in [0.4, 0.5) is 10.7 Å². The first-order valence-corrected chi connectivity index (χ1v) is 4.49. The monoisotopic (exact) mass is 211 g/mol. The van der Waals surface area contributed by atoms with Gasteiger partial charge in [0.2, 0.25) is 5.95 Å². The smallest absolute Gasteiger partial charge is 0.297 e. The molecular weight excluding hydrogens is 202 g/mol. The number of rotatable bonds is 4. The minimum atomic E-state index is -0.521. The average molecular weight is 211 g/mol. The number of anilines is 1. The Kier molecular flexibility index (Phi) is 3.86. The van der Waals surface area contributed by atoms with Crippen LogP contribution >= 0.6 is 11.9 Å². The maximum atomic E-state index is 10.7. The summed E-state index contributed by atoms with van der Waals surface area (Å²) in [4.78, 5) is 22.1. The standard InChI is InChI=1S/C7H9N5OS/c1-2-3-12(14-6(8)13)7-10-4-9-5-11-7/h2,4-5H,1,3H2,(H2,8,13). The molecule has 2 N–H and O–H groups in total. The molecule has 6 nitrogen and oxygen atoms in total. The lowest BCUT2D eigenvalue weighted by Gasteiger charge is -2.15. The summed E-state index contributed by atoms with van der Waals surface area (Å²) in [6, 6.07) is 0. The van der Waals surface area contributed by atoms with Crippen LogP contribution in [0.1, 0.15) is 0 Å². The van der Waals surface area contributed by atoms with E-state index >= 15 is 0 Å². The summed E-state index contributed by atoms with van der Waals surface area (Å²) in [5.41, 5.74) is 5.04. The summed E-state index contributed by atoms with van der Waals surface area (Å²) in [6.45, 7) is 3.98. The van der Waals surface area contributed by atoms with Crippen LogP contribution in [0.25, 0.3) is 0 Å². The molecule has 0 spiro atoms. The second-order valence-corrected chi connectivity index (χ2v) is 3.22. The van der Waals surface area contributed by atoms with Gasteiger partial charge in [-0.3, -0.25) is 9.10 Å². The van der Waals surface area contributed by atoms with Crippen LogP contribution < -0.4 is 10.0 Å². The number of aromatic nitrogens is 3. The molecule has 14 heavy (non-hydrogen) atoms. The first kappa shape index (κ1) is 10.5. The van der Waals surface area contributed by atoms with Crippen LogP contribution in [0, 0.1) is 0 Å². The van der Waals surface area contributed by atoms with Crippen molar-refractivity contribution in [2.75, 3.05) is 10.8 Å². The van der Waals surface area contributed by atoms with Crippen LogP contribution in [-0.2, 0) is 0 Å². The molecule has 74 valence electrons. The highest BCUT2D eigenvalue weighted by Crippen LogP contribution is 2.15. The van der Waals surface area contributed by atoms with E-state index < -0.39 is 5.24 Å². The van der Waals surface area contributed by atoms with Crippen molar-refractivity contribution < 1.29 is 4.79 Å². The van der Waals surface area contributed by atoms with E-state index in [0.717, 1.165) is 11.9 Å². The molecule has 1 heterocycles. The summed E-state index contributed by atoms with van der Waals surface area (Å²) in [7, 11) is 0. The Morgan fingerprint density at radius 1 is 1.64 bits per heavy atom. The lowest BCUT2D eigenvalue weighted by molar-refractivity contribution is 0.267. The van der Waals surface area contributed by atoms with Crippen molar-refractivity contribution in [3.05, 3.63) is 25.3 Å². The van der Waals surface area contributed by atoms with Gasteiger partial charge >= 0.3 is 0 Å². The molecule has 0 unspecified atom stereocenters. The number of primary amides is 1. The van der Waals surface area contributed by atoms with Crippen LogP contribution in [0.15, 0.2) is 25.3 Å². The molecule has 7 heteroatoms. The van der Waals surface area contributed by atoms with Crippen molar-refractivity contribution in [1.82, 2.24) is 15.0 Å². The minimum absolute atomic E-state index is 0.378. The van der Waals surface area contributed by atoms with E-state index in [2.05, 4.69) is 21.5 Å². The SMILES string of the molecule is C=CCN(SC(N)=O)c1ncncn1. The zero-order valence-corrected chi connectivity index (χ0v) is 8.15. The third-order valence-corrected chi connectivity index (χ3v) is 1.91. The molecule has 0 atom stereocenters. The van der Waals surface area contributed by atoms with E-state index in [9.17, 15) is 4.79 Å². The minimum Gasteiger partial charge on any atom is -0.359 e. The maximum absolute atomic E-state index is 10.7.